The molecular weight excluding hydrogens is 216 g/mol. The maximum absolute atomic E-state index is 5.41. The Bertz CT molecular complexity index is 446. The largest absolute Gasteiger partial charge is 0.444 e. The summed E-state index contributed by atoms with van der Waals surface area (Å²) >= 11 is 0. The summed E-state index contributed by atoms with van der Waals surface area (Å²) in [5, 5.41) is 0. The molecule has 90 valence electrons. The lowest BCUT2D eigenvalue weighted by Crippen LogP contribution is -2.14. The molecule has 1 aromatic carbocycles. The van der Waals surface area contributed by atoms with E-state index in [2.05, 4.69) is 10.5 Å². The fourth-order valence-corrected chi connectivity index (χ4v) is 1.44. The molecule has 2 aromatic rings. The van der Waals surface area contributed by atoms with Crippen LogP contribution < -0.4 is 5.48 Å². The van der Waals surface area contributed by atoms with Gasteiger partial charge in [0.1, 0.15) is 5.76 Å². The number of aryl methyl sites for hydroxylation is 2. The number of hydrogen-bond acceptors (Lipinski definition) is 4. The lowest BCUT2D eigenvalue weighted by Gasteiger charge is -2.03. The minimum atomic E-state index is 0.474. The van der Waals surface area contributed by atoms with Gasteiger partial charge in [0, 0.05) is 0 Å². The summed E-state index contributed by atoms with van der Waals surface area (Å²) in [5.74, 6) is 1.50. The first-order valence-electron chi connectivity index (χ1n) is 5.57. The van der Waals surface area contributed by atoms with E-state index in [1.54, 1.807) is 0 Å². The SMILES string of the molecule is Cc1nc(CNOCc2ccccc2)oc1C. The van der Waals surface area contributed by atoms with Gasteiger partial charge in [-0.1, -0.05) is 30.3 Å². The van der Waals surface area contributed by atoms with Gasteiger partial charge < -0.3 is 4.42 Å². The van der Waals surface area contributed by atoms with Gasteiger partial charge in [0.15, 0.2) is 0 Å². The summed E-state index contributed by atoms with van der Waals surface area (Å²) in [6.07, 6.45) is 0. The quantitative estimate of drug-likeness (QED) is 0.635. The molecule has 1 heterocycles. The fourth-order valence-electron chi connectivity index (χ4n) is 1.44. The Morgan fingerprint density at radius 2 is 2.00 bits per heavy atom. The summed E-state index contributed by atoms with van der Waals surface area (Å²) in [7, 11) is 0. The summed E-state index contributed by atoms with van der Waals surface area (Å²) in [6.45, 7) is 4.82. The van der Waals surface area contributed by atoms with Crippen LogP contribution in [0.15, 0.2) is 34.7 Å². The van der Waals surface area contributed by atoms with Gasteiger partial charge in [-0.25, -0.2) is 4.98 Å². The molecule has 0 aliphatic carbocycles. The van der Waals surface area contributed by atoms with E-state index < -0.39 is 0 Å². The van der Waals surface area contributed by atoms with Gasteiger partial charge in [-0.2, -0.15) is 5.48 Å². The van der Waals surface area contributed by atoms with Crippen LogP contribution in [0, 0.1) is 13.8 Å². The molecule has 1 aromatic heterocycles. The first-order valence-corrected chi connectivity index (χ1v) is 5.57. The minimum Gasteiger partial charge on any atom is -0.444 e. The van der Waals surface area contributed by atoms with Gasteiger partial charge in [0.05, 0.1) is 18.8 Å². The molecule has 0 saturated heterocycles. The molecule has 0 bridgehead atoms. The number of rotatable bonds is 5. The third-order valence-corrected chi connectivity index (χ3v) is 2.48. The molecule has 0 saturated carbocycles. The van der Waals surface area contributed by atoms with Crippen LogP contribution in [0.4, 0.5) is 0 Å². The third-order valence-electron chi connectivity index (χ3n) is 2.48. The second-order valence-corrected chi connectivity index (χ2v) is 3.84. The smallest absolute Gasteiger partial charge is 0.210 e. The van der Waals surface area contributed by atoms with Crippen LogP contribution >= 0.6 is 0 Å². The zero-order valence-electron chi connectivity index (χ0n) is 10.1. The molecule has 0 spiro atoms. The first-order chi connectivity index (χ1) is 8.25. The zero-order valence-corrected chi connectivity index (χ0v) is 10.1. The molecule has 0 unspecified atom stereocenters. The molecule has 0 aliphatic rings. The highest BCUT2D eigenvalue weighted by molar-refractivity contribution is 5.13. The summed E-state index contributed by atoms with van der Waals surface area (Å²) in [5.41, 5.74) is 4.88. The lowest BCUT2D eigenvalue weighted by atomic mass is 10.2. The number of nitrogens with one attached hydrogen (secondary N) is 1. The maximum Gasteiger partial charge on any atom is 0.210 e. The molecular formula is C13H16N2O2. The van der Waals surface area contributed by atoms with E-state index in [1.807, 2.05) is 44.2 Å². The van der Waals surface area contributed by atoms with E-state index >= 15 is 0 Å². The van der Waals surface area contributed by atoms with Crippen LogP contribution in [0.25, 0.3) is 0 Å². The van der Waals surface area contributed by atoms with Gasteiger partial charge in [-0.15, -0.1) is 0 Å². The van der Waals surface area contributed by atoms with Crippen LogP contribution in [0.5, 0.6) is 0 Å². The second kappa shape index (κ2) is 5.61. The number of aromatic nitrogens is 1. The monoisotopic (exact) mass is 232 g/mol. The molecule has 4 nitrogen and oxygen atoms in total. The van der Waals surface area contributed by atoms with Gasteiger partial charge in [0.2, 0.25) is 5.89 Å². The van der Waals surface area contributed by atoms with Crippen molar-refractivity contribution < 1.29 is 9.25 Å². The molecule has 0 radical (unpaired) electrons. The van der Waals surface area contributed by atoms with Crippen LogP contribution in [-0.2, 0) is 18.0 Å². The van der Waals surface area contributed by atoms with Crippen molar-refractivity contribution in [1.29, 1.82) is 0 Å². The molecule has 2 rings (SSSR count). The highest BCUT2D eigenvalue weighted by Gasteiger charge is 2.04. The normalized spacial score (nSPS) is 10.7. The van der Waals surface area contributed by atoms with Crippen LogP contribution in [0.2, 0.25) is 0 Å². The number of nitrogens with zero attached hydrogens (tertiary/aromatic N) is 1. The first kappa shape index (κ1) is 11.8. The highest BCUT2D eigenvalue weighted by atomic mass is 16.6. The number of benzene rings is 1. The Hall–Kier alpha value is -1.65. The summed E-state index contributed by atoms with van der Waals surface area (Å²) in [6, 6.07) is 9.98. The van der Waals surface area contributed by atoms with E-state index in [1.165, 1.54) is 0 Å². The van der Waals surface area contributed by atoms with E-state index in [0.717, 1.165) is 17.0 Å². The standard InChI is InChI=1S/C13H16N2O2/c1-10-11(2)17-13(15-10)8-14-16-9-12-6-4-3-5-7-12/h3-7,14H,8-9H2,1-2H3. The van der Waals surface area contributed by atoms with Crippen molar-refractivity contribution in [2.24, 2.45) is 0 Å². The van der Waals surface area contributed by atoms with Gasteiger partial charge in [-0.05, 0) is 19.4 Å². The maximum atomic E-state index is 5.41. The zero-order chi connectivity index (χ0) is 12.1. The van der Waals surface area contributed by atoms with Gasteiger partial charge in [-0.3, -0.25) is 4.84 Å². The van der Waals surface area contributed by atoms with E-state index in [4.69, 9.17) is 9.25 Å². The summed E-state index contributed by atoms with van der Waals surface area (Å²) in [4.78, 5) is 9.57. The fraction of sp³-hybridized carbons (Fsp3) is 0.308. The van der Waals surface area contributed by atoms with Crippen molar-refractivity contribution in [3.8, 4) is 0 Å². The van der Waals surface area contributed by atoms with Crippen LogP contribution in [0.1, 0.15) is 22.9 Å². The highest BCUT2D eigenvalue weighted by Crippen LogP contribution is 2.07. The molecule has 1 N–H and O–H groups in total. The van der Waals surface area contributed by atoms with Crippen molar-refractivity contribution in [1.82, 2.24) is 10.5 Å². The van der Waals surface area contributed by atoms with E-state index in [-0.39, 0.29) is 0 Å². The Morgan fingerprint density at radius 3 is 2.65 bits per heavy atom. The number of hydrogen-bond donors (Lipinski definition) is 1. The molecule has 0 aliphatic heterocycles. The predicted octanol–water partition coefficient (Wildman–Crippen LogP) is 2.51. The Balaban J connectivity index is 1.73. The summed E-state index contributed by atoms with van der Waals surface area (Å²) < 4.78 is 5.41. The van der Waals surface area contributed by atoms with Crippen molar-refractivity contribution in [2.45, 2.75) is 27.0 Å². The van der Waals surface area contributed by atoms with Crippen LogP contribution in [-0.4, -0.2) is 4.98 Å². The van der Waals surface area contributed by atoms with Gasteiger partial charge in [0.25, 0.3) is 0 Å². The van der Waals surface area contributed by atoms with Crippen molar-refractivity contribution in [3.63, 3.8) is 0 Å². The predicted molar refractivity (Wildman–Crippen MR) is 64.0 cm³/mol. The Morgan fingerprint density at radius 1 is 1.24 bits per heavy atom. The molecule has 0 fully saturated rings. The Labute approximate surface area is 101 Å². The molecule has 4 heteroatoms. The van der Waals surface area contributed by atoms with Crippen molar-refractivity contribution in [2.75, 3.05) is 0 Å². The van der Waals surface area contributed by atoms with Gasteiger partial charge >= 0.3 is 0 Å². The molecule has 0 amide bonds. The van der Waals surface area contributed by atoms with E-state index in [9.17, 15) is 0 Å². The second-order valence-electron chi connectivity index (χ2n) is 3.84. The van der Waals surface area contributed by atoms with Crippen molar-refractivity contribution >= 4 is 0 Å². The lowest BCUT2D eigenvalue weighted by molar-refractivity contribution is 0.0192. The topological polar surface area (TPSA) is 47.3 Å². The molecule has 17 heavy (non-hydrogen) atoms. The minimum absolute atomic E-state index is 0.474. The number of hydroxylamine groups is 1. The van der Waals surface area contributed by atoms with E-state index in [0.29, 0.717) is 19.0 Å². The third kappa shape index (κ3) is 3.41. The average Bonchev–Trinajstić information content (AvgIpc) is 2.66. The van der Waals surface area contributed by atoms with Crippen LogP contribution in [0.3, 0.4) is 0 Å². The molecule has 0 atom stereocenters. The average molecular weight is 232 g/mol. The van der Waals surface area contributed by atoms with Crippen molar-refractivity contribution in [3.05, 3.63) is 53.2 Å². The Kier molecular flexibility index (Phi) is 3.90. The number of oxazole rings is 1.